The van der Waals surface area contributed by atoms with Crippen LogP contribution >= 0.6 is 0 Å². The minimum atomic E-state index is -0.720. The van der Waals surface area contributed by atoms with E-state index in [0.29, 0.717) is 19.3 Å². The van der Waals surface area contributed by atoms with Gasteiger partial charge in [0, 0.05) is 6.42 Å². The fourth-order valence-corrected chi connectivity index (χ4v) is 1.02. The van der Waals surface area contributed by atoms with Crippen molar-refractivity contribution in [3.63, 3.8) is 0 Å². The van der Waals surface area contributed by atoms with E-state index in [1.165, 1.54) is 0 Å². The van der Waals surface area contributed by atoms with E-state index < -0.39 is 11.4 Å². The van der Waals surface area contributed by atoms with Crippen LogP contribution in [0.5, 0.6) is 0 Å². The maximum Gasteiger partial charge on any atom is 0.309 e. The first-order valence-corrected chi connectivity index (χ1v) is 4.23. The summed E-state index contributed by atoms with van der Waals surface area (Å²) in [7, 11) is 0. The van der Waals surface area contributed by atoms with Gasteiger partial charge in [-0.15, -0.1) is 12.3 Å². The maximum atomic E-state index is 10.8. The third-order valence-electron chi connectivity index (χ3n) is 2.35. The van der Waals surface area contributed by atoms with E-state index in [4.69, 9.17) is 11.5 Å². The summed E-state index contributed by atoms with van der Waals surface area (Å²) < 4.78 is 0. The molecule has 0 amide bonds. The predicted molar refractivity (Wildman–Crippen MR) is 48.7 cm³/mol. The van der Waals surface area contributed by atoms with Crippen molar-refractivity contribution in [3.05, 3.63) is 0 Å². The number of carbonyl (C=O) groups is 1. The SMILES string of the molecule is C#CCCCC(C)(CC)C(=O)O. The van der Waals surface area contributed by atoms with Crippen LogP contribution in [0.1, 0.15) is 39.5 Å². The molecule has 0 aromatic carbocycles. The molecule has 0 spiro atoms. The highest BCUT2D eigenvalue weighted by atomic mass is 16.4. The predicted octanol–water partition coefficient (Wildman–Crippen LogP) is 2.29. The first-order valence-electron chi connectivity index (χ1n) is 4.23. The number of hydrogen-bond acceptors (Lipinski definition) is 1. The van der Waals surface area contributed by atoms with Crippen LogP contribution in [0.4, 0.5) is 0 Å². The molecule has 1 atom stereocenters. The van der Waals surface area contributed by atoms with Gasteiger partial charge in [0.1, 0.15) is 0 Å². The number of carboxylic acid groups (broad SMARTS) is 1. The molecule has 12 heavy (non-hydrogen) atoms. The van der Waals surface area contributed by atoms with E-state index in [2.05, 4.69) is 5.92 Å². The summed E-state index contributed by atoms with van der Waals surface area (Å²) >= 11 is 0. The number of hydrogen-bond donors (Lipinski definition) is 1. The van der Waals surface area contributed by atoms with Crippen molar-refractivity contribution in [2.75, 3.05) is 0 Å². The highest BCUT2D eigenvalue weighted by molar-refractivity contribution is 5.73. The highest BCUT2D eigenvalue weighted by Gasteiger charge is 2.29. The Labute approximate surface area is 74.0 Å². The van der Waals surface area contributed by atoms with Gasteiger partial charge in [-0.3, -0.25) is 4.79 Å². The number of rotatable bonds is 5. The zero-order valence-corrected chi connectivity index (χ0v) is 7.76. The van der Waals surface area contributed by atoms with Gasteiger partial charge in [-0.1, -0.05) is 6.92 Å². The summed E-state index contributed by atoms with van der Waals surface area (Å²) in [5, 5.41) is 8.88. The molecule has 0 fully saturated rings. The topological polar surface area (TPSA) is 37.3 Å². The Morgan fingerprint density at radius 1 is 1.67 bits per heavy atom. The molecule has 0 saturated heterocycles. The lowest BCUT2D eigenvalue weighted by Gasteiger charge is -2.21. The molecule has 0 aliphatic rings. The van der Waals surface area contributed by atoms with Crippen molar-refractivity contribution in [2.45, 2.75) is 39.5 Å². The summed E-state index contributed by atoms with van der Waals surface area (Å²) in [6.07, 6.45) is 7.88. The second-order valence-electron chi connectivity index (χ2n) is 3.28. The summed E-state index contributed by atoms with van der Waals surface area (Å²) in [6.45, 7) is 3.66. The van der Waals surface area contributed by atoms with E-state index in [-0.39, 0.29) is 0 Å². The Morgan fingerprint density at radius 2 is 2.25 bits per heavy atom. The van der Waals surface area contributed by atoms with Crippen molar-refractivity contribution in [1.29, 1.82) is 0 Å². The van der Waals surface area contributed by atoms with E-state index in [1.54, 1.807) is 6.92 Å². The highest BCUT2D eigenvalue weighted by Crippen LogP contribution is 2.27. The van der Waals surface area contributed by atoms with Crippen LogP contribution in [0.3, 0.4) is 0 Å². The van der Waals surface area contributed by atoms with Gasteiger partial charge >= 0.3 is 5.97 Å². The number of terminal acetylenes is 1. The van der Waals surface area contributed by atoms with Gasteiger partial charge in [0.25, 0.3) is 0 Å². The molecule has 0 rings (SSSR count). The fourth-order valence-electron chi connectivity index (χ4n) is 1.02. The molecule has 0 heterocycles. The lowest BCUT2D eigenvalue weighted by molar-refractivity contribution is -0.148. The second kappa shape index (κ2) is 4.82. The van der Waals surface area contributed by atoms with Gasteiger partial charge in [-0.05, 0) is 26.2 Å². The Bertz CT molecular complexity index is 191. The molecule has 2 heteroatoms. The zero-order chi connectivity index (χ0) is 9.61. The van der Waals surface area contributed by atoms with E-state index in [9.17, 15) is 4.79 Å². The minimum Gasteiger partial charge on any atom is -0.481 e. The van der Waals surface area contributed by atoms with Gasteiger partial charge in [-0.2, -0.15) is 0 Å². The van der Waals surface area contributed by atoms with Gasteiger partial charge in [0.2, 0.25) is 0 Å². The van der Waals surface area contributed by atoms with Gasteiger partial charge in [0.05, 0.1) is 5.41 Å². The minimum absolute atomic E-state index is 0.586. The van der Waals surface area contributed by atoms with Crippen molar-refractivity contribution >= 4 is 5.97 Å². The largest absolute Gasteiger partial charge is 0.481 e. The average Bonchev–Trinajstić information content (AvgIpc) is 2.04. The quantitative estimate of drug-likeness (QED) is 0.505. The third kappa shape index (κ3) is 2.96. The van der Waals surface area contributed by atoms with Crippen LogP contribution in [-0.2, 0) is 4.79 Å². The van der Waals surface area contributed by atoms with Crippen LogP contribution in [-0.4, -0.2) is 11.1 Å². The van der Waals surface area contributed by atoms with E-state index >= 15 is 0 Å². The average molecular weight is 168 g/mol. The monoisotopic (exact) mass is 168 g/mol. The Balaban J connectivity index is 3.99. The van der Waals surface area contributed by atoms with Crippen molar-refractivity contribution in [2.24, 2.45) is 5.41 Å². The maximum absolute atomic E-state index is 10.8. The molecule has 1 unspecified atom stereocenters. The Morgan fingerprint density at radius 3 is 2.58 bits per heavy atom. The van der Waals surface area contributed by atoms with Crippen molar-refractivity contribution < 1.29 is 9.90 Å². The van der Waals surface area contributed by atoms with Gasteiger partial charge in [0.15, 0.2) is 0 Å². The molecule has 1 N–H and O–H groups in total. The molecule has 0 aliphatic heterocycles. The van der Waals surface area contributed by atoms with Gasteiger partial charge in [-0.25, -0.2) is 0 Å². The molecule has 0 radical (unpaired) electrons. The van der Waals surface area contributed by atoms with Gasteiger partial charge < -0.3 is 5.11 Å². The Hall–Kier alpha value is -0.970. The molecule has 0 aromatic heterocycles. The molecule has 2 nitrogen and oxygen atoms in total. The fraction of sp³-hybridized carbons (Fsp3) is 0.700. The first-order chi connectivity index (χ1) is 5.56. The molecular weight excluding hydrogens is 152 g/mol. The lowest BCUT2D eigenvalue weighted by atomic mass is 9.82. The van der Waals surface area contributed by atoms with Crippen LogP contribution in [0.2, 0.25) is 0 Å². The van der Waals surface area contributed by atoms with E-state index in [0.717, 1.165) is 6.42 Å². The molecule has 0 saturated carbocycles. The lowest BCUT2D eigenvalue weighted by Crippen LogP contribution is -2.26. The van der Waals surface area contributed by atoms with Crippen LogP contribution in [0.15, 0.2) is 0 Å². The van der Waals surface area contributed by atoms with Crippen LogP contribution < -0.4 is 0 Å². The van der Waals surface area contributed by atoms with Crippen molar-refractivity contribution in [1.82, 2.24) is 0 Å². The third-order valence-corrected chi connectivity index (χ3v) is 2.35. The number of unbranched alkanes of at least 4 members (excludes halogenated alkanes) is 1. The number of aliphatic carboxylic acids is 1. The van der Waals surface area contributed by atoms with E-state index in [1.807, 2.05) is 6.92 Å². The molecular formula is C10H16O2. The summed E-state index contributed by atoms with van der Waals surface area (Å²) in [6, 6.07) is 0. The number of carboxylic acids is 1. The Kier molecular flexibility index (Phi) is 4.43. The standard InChI is InChI=1S/C10H16O2/c1-4-6-7-8-10(3,5-2)9(11)12/h1H,5-8H2,2-3H3,(H,11,12). The van der Waals surface area contributed by atoms with Crippen LogP contribution in [0.25, 0.3) is 0 Å². The molecule has 0 aliphatic carbocycles. The molecule has 68 valence electrons. The molecule has 0 aromatic rings. The summed E-state index contributed by atoms with van der Waals surface area (Å²) in [5.41, 5.74) is -0.586. The summed E-state index contributed by atoms with van der Waals surface area (Å²) in [4.78, 5) is 10.8. The smallest absolute Gasteiger partial charge is 0.309 e. The second-order valence-corrected chi connectivity index (χ2v) is 3.28. The normalized spacial score (nSPS) is 14.8. The molecule has 0 bridgehead atoms. The van der Waals surface area contributed by atoms with Crippen LogP contribution in [0, 0.1) is 17.8 Å². The zero-order valence-electron chi connectivity index (χ0n) is 7.76. The van der Waals surface area contributed by atoms with Crippen molar-refractivity contribution in [3.8, 4) is 12.3 Å². The first kappa shape index (κ1) is 11.0. The summed E-state index contributed by atoms with van der Waals surface area (Å²) in [5.74, 6) is 1.79.